The molecule has 1 heterocycles. The Bertz CT molecular complexity index is 781. The molecule has 2 aromatic rings. The highest BCUT2D eigenvalue weighted by molar-refractivity contribution is 7.92. The molecule has 9 heteroatoms. The van der Waals surface area contributed by atoms with Crippen molar-refractivity contribution in [2.75, 3.05) is 17.1 Å². The quantitative estimate of drug-likeness (QED) is 0.805. The lowest BCUT2D eigenvalue weighted by atomic mass is 10.3. The Morgan fingerprint density at radius 1 is 1.10 bits per heavy atom. The Kier molecular flexibility index (Phi) is 4.83. The normalized spacial score (nSPS) is 11.2. The molecule has 0 radical (unpaired) electrons. The summed E-state index contributed by atoms with van der Waals surface area (Å²) in [5.74, 6) is 0.223. The number of hydrogen-bond acceptors (Lipinski definition) is 4. The van der Waals surface area contributed by atoms with Crippen molar-refractivity contribution in [2.45, 2.75) is 4.90 Å². The van der Waals surface area contributed by atoms with E-state index in [1.807, 2.05) is 0 Å². The minimum atomic E-state index is -3.87. The van der Waals surface area contributed by atoms with Crippen LogP contribution < -0.4 is 10.0 Å². The summed E-state index contributed by atoms with van der Waals surface area (Å²) in [6, 6.07) is 5.66. The molecule has 2 N–H and O–H groups in total. The van der Waals surface area contributed by atoms with Crippen molar-refractivity contribution < 1.29 is 8.42 Å². The van der Waals surface area contributed by atoms with E-state index in [1.165, 1.54) is 30.5 Å². The van der Waals surface area contributed by atoms with E-state index in [1.54, 1.807) is 7.05 Å². The maximum atomic E-state index is 12.4. The topological polar surface area (TPSA) is 71.1 Å². The van der Waals surface area contributed by atoms with Crippen molar-refractivity contribution in [1.82, 2.24) is 4.98 Å². The molecule has 0 aliphatic heterocycles. The SMILES string of the molecule is CNc1ncccc1S(=O)(=O)Nc1cc(Cl)c(Cl)cc1Cl. The second-order valence-electron chi connectivity index (χ2n) is 3.95. The Morgan fingerprint density at radius 3 is 2.43 bits per heavy atom. The summed E-state index contributed by atoms with van der Waals surface area (Å²) in [6.07, 6.45) is 1.48. The van der Waals surface area contributed by atoms with Crippen molar-refractivity contribution in [1.29, 1.82) is 0 Å². The molecule has 112 valence electrons. The third-order valence-electron chi connectivity index (χ3n) is 2.55. The van der Waals surface area contributed by atoms with Gasteiger partial charge in [0, 0.05) is 13.2 Å². The molecular weight excluding hydrogens is 357 g/mol. The second-order valence-corrected chi connectivity index (χ2v) is 6.82. The number of aromatic nitrogens is 1. The van der Waals surface area contributed by atoms with E-state index in [9.17, 15) is 8.42 Å². The van der Waals surface area contributed by atoms with Crippen LogP contribution in [0.3, 0.4) is 0 Å². The number of nitrogens with zero attached hydrogens (tertiary/aromatic N) is 1. The minimum Gasteiger partial charge on any atom is -0.372 e. The lowest BCUT2D eigenvalue weighted by Gasteiger charge is -2.12. The number of sulfonamides is 1. The van der Waals surface area contributed by atoms with Gasteiger partial charge in [-0.15, -0.1) is 0 Å². The summed E-state index contributed by atoms with van der Waals surface area (Å²) in [4.78, 5) is 3.94. The van der Waals surface area contributed by atoms with Crippen LogP contribution in [-0.4, -0.2) is 20.4 Å². The molecule has 0 fully saturated rings. The van der Waals surface area contributed by atoms with E-state index in [2.05, 4.69) is 15.0 Å². The van der Waals surface area contributed by atoms with Gasteiger partial charge in [0.2, 0.25) is 0 Å². The molecule has 21 heavy (non-hydrogen) atoms. The largest absolute Gasteiger partial charge is 0.372 e. The zero-order valence-corrected chi connectivity index (χ0v) is 13.8. The van der Waals surface area contributed by atoms with Gasteiger partial charge in [0.05, 0.1) is 20.8 Å². The van der Waals surface area contributed by atoms with E-state index in [0.29, 0.717) is 0 Å². The Balaban J connectivity index is 2.45. The standard InChI is InChI=1S/C12H10Cl3N3O2S/c1-16-12-11(3-2-4-17-12)21(19,20)18-10-6-8(14)7(13)5-9(10)15/h2-6,18H,1H3,(H,16,17). The Hall–Kier alpha value is -1.21. The number of hydrogen-bond donors (Lipinski definition) is 2. The molecule has 0 saturated heterocycles. The van der Waals surface area contributed by atoms with Crippen LogP contribution in [0.25, 0.3) is 0 Å². The third kappa shape index (κ3) is 3.52. The smallest absolute Gasteiger partial charge is 0.265 e. The van der Waals surface area contributed by atoms with Crippen molar-refractivity contribution >= 4 is 56.3 Å². The lowest BCUT2D eigenvalue weighted by Crippen LogP contribution is -2.15. The Labute approximate surface area is 137 Å². The van der Waals surface area contributed by atoms with E-state index in [0.717, 1.165) is 0 Å². The maximum absolute atomic E-state index is 12.4. The van der Waals surface area contributed by atoms with Gasteiger partial charge in [-0.05, 0) is 24.3 Å². The molecule has 0 unspecified atom stereocenters. The molecule has 0 aliphatic carbocycles. The first-order chi connectivity index (χ1) is 9.85. The first-order valence-corrected chi connectivity index (χ1v) is 8.27. The molecule has 0 saturated carbocycles. The van der Waals surface area contributed by atoms with Crippen LogP contribution in [0, 0.1) is 0 Å². The van der Waals surface area contributed by atoms with Crippen LogP contribution in [0.1, 0.15) is 0 Å². The van der Waals surface area contributed by atoms with E-state index < -0.39 is 10.0 Å². The zero-order valence-electron chi connectivity index (χ0n) is 10.7. The van der Waals surface area contributed by atoms with Crippen molar-refractivity contribution in [3.8, 4) is 0 Å². The number of rotatable bonds is 4. The fourth-order valence-corrected chi connectivity index (χ4v) is 3.48. The summed E-state index contributed by atoms with van der Waals surface area (Å²) < 4.78 is 27.2. The number of anilines is 2. The molecule has 0 aliphatic rings. The van der Waals surface area contributed by atoms with Gasteiger partial charge in [-0.3, -0.25) is 4.72 Å². The van der Waals surface area contributed by atoms with Crippen LogP contribution in [0.2, 0.25) is 15.1 Å². The predicted molar refractivity (Wildman–Crippen MR) is 86.1 cm³/mol. The summed E-state index contributed by atoms with van der Waals surface area (Å²) in [6.45, 7) is 0. The fraction of sp³-hybridized carbons (Fsp3) is 0.0833. The van der Waals surface area contributed by atoms with Crippen LogP contribution in [-0.2, 0) is 10.0 Å². The van der Waals surface area contributed by atoms with Gasteiger partial charge in [-0.2, -0.15) is 0 Å². The van der Waals surface area contributed by atoms with Gasteiger partial charge in [0.15, 0.2) is 0 Å². The molecule has 1 aromatic heterocycles. The van der Waals surface area contributed by atoms with Crippen molar-refractivity contribution in [2.24, 2.45) is 0 Å². The Morgan fingerprint density at radius 2 is 1.76 bits per heavy atom. The zero-order chi connectivity index (χ0) is 15.6. The predicted octanol–water partition coefficient (Wildman–Crippen LogP) is 3.88. The van der Waals surface area contributed by atoms with Gasteiger partial charge < -0.3 is 5.32 Å². The van der Waals surface area contributed by atoms with Gasteiger partial charge >= 0.3 is 0 Å². The highest BCUT2D eigenvalue weighted by Gasteiger charge is 2.20. The molecule has 0 atom stereocenters. The molecule has 5 nitrogen and oxygen atoms in total. The average Bonchev–Trinajstić information content (AvgIpc) is 2.44. The number of benzene rings is 1. The lowest BCUT2D eigenvalue weighted by molar-refractivity contribution is 0.601. The van der Waals surface area contributed by atoms with Crippen LogP contribution in [0.15, 0.2) is 35.4 Å². The highest BCUT2D eigenvalue weighted by atomic mass is 35.5. The monoisotopic (exact) mass is 365 g/mol. The third-order valence-corrected chi connectivity index (χ3v) is 4.98. The van der Waals surface area contributed by atoms with Crippen molar-refractivity contribution in [3.05, 3.63) is 45.5 Å². The molecule has 2 rings (SSSR count). The van der Waals surface area contributed by atoms with Crippen molar-refractivity contribution in [3.63, 3.8) is 0 Å². The molecule has 1 aromatic carbocycles. The molecule has 0 amide bonds. The van der Waals surface area contributed by atoms with Gasteiger partial charge in [0.25, 0.3) is 10.0 Å². The minimum absolute atomic E-state index is 0.00496. The average molecular weight is 367 g/mol. The number of halogens is 3. The van der Waals surface area contributed by atoms with E-state index in [4.69, 9.17) is 34.8 Å². The fourth-order valence-electron chi connectivity index (χ4n) is 1.60. The van der Waals surface area contributed by atoms with E-state index >= 15 is 0 Å². The van der Waals surface area contributed by atoms with Gasteiger partial charge in [0.1, 0.15) is 10.7 Å². The van der Waals surface area contributed by atoms with Gasteiger partial charge in [-0.25, -0.2) is 13.4 Å². The second kappa shape index (κ2) is 6.27. The van der Waals surface area contributed by atoms with Crippen LogP contribution in [0.4, 0.5) is 11.5 Å². The van der Waals surface area contributed by atoms with Crippen LogP contribution in [0.5, 0.6) is 0 Å². The van der Waals surface area contributed by atoms with Crippen LogP contribution >= 0.6 is 34.8 Å². The molecular formula is C12H10Cl3N3O2S. The highest BCUT2D eigenvalue weighted by Crippen LogP contribution is 2.33. The summed E-state index contributed by atoms with van der Waals surface area (Å²) in [5, 5.41) is 3.28. The molecule has 0 bridgehead atoms. The summed E-state index contributed by atoms with van der Waals surface area (Å²) >= 11 is 17.6. The number of nitrogens with one attached hydrogen (secondary N) is 2. The van der Waals surface area contributed by atoms with Gasteiger partial charge in [-0.1, -0.05) is 34.8 Å². The maximum Gasteiger partial charge on any atom is 0.265 e. The summed E-state index contributed by atoms with van der Waals surface area (Å²) in [7, 11) is -2.29. The summed E-state index contributed by atoms with van der Waals surface area (Å²) in [5.41, 5.74) is 0.136. The first kappa shape index (κ1) is 16.2. The first-order valence-electron chi connectivity index (χ1n) is 5.65. The van der Waals surface area contributed by atoms with E-state index in [-0.39, 0.29) is 31.5 Å². The molecule has 0 spiro atoms. The number of pyridine rings is 1.